The third kappa shape index (κ3) is 4.04. The summed E-state index contributed by atoms with van der Waals surface area (Å²) in [6.45, 7) is 0. The van der Waals surface area contributed by atoms with E-state index in [0.29, 0.717) is 18.4 Å². The van der Waals surface area contributed by atoms with E-state index >= 15 is 0 Å². The van der Waals surface area contributed by atoms with Gasteiger partial charge in [0.25, 0.3) is 0 Å². The van der Waals surface area contributed by atoms with Crippen molar-refractivity contribution in [3.05, 3.63) is 52.0 Å². The maximum atomic E-state index is 12.6. The lowest BCUT2D eigenvalue weighted by atomic mass is 10.0. The number of halogens is 3. The molecule has 102 valence electrons. The first kappa shape index (κ1) is 14.0. The van der Waals surface area contributed by atoms with E-state index in [1.807, 2.05) is 0 Å². The molecule has 1 heterocycles. The summed E-state index contributed by atoms with van der Waals surface area (Å²) < 4.78 is 37.7. The molecule has 1 atom stereocenters. The van der Waals surface area contributed by atoms with Crippen LogP contribution >= 0.6 is 11.3 Å². The van der Waals surface area contributed by atoms with Gasteiger partial charge in [0, 0.05) is 17.1 Å². The average Bonchev–Trinajstić information content (AvgIpc) is 2.80. The minimum absolute atomic E-state index is 0.205. The number of nitrogens with zero attached hydrogens (tertiary/aromatic N) is 1. The lowest BCUT2D eigenvalue weighted by Gasteiger charge is -2.12. The molecular formula is C13H13F3N2S. The zero-order valence-electron chi connectivity index (χ0n) is 10.0. The Morgan fingerprint density at radius 1 is 1.26 bits per heavy atom. The van der Waals surface area contributed by atoms with Crippen molar-refractivity contribution in [1.29, 1.82) is 0 Å². The molecular weight excluding hydrogens is 273 g/mol. The minimum Gasteiger partial charge on any atom is -0.327 e. The Labute approximate surface area is 113 Å². The molecule has 0 radical (unpaired) electrons. The van der Waals surface area contributed by atoms with Gasteiger partial charge in [-0.15, -0.1) is 11.3 Å². The third-order valence-corrected chi connectivity index (χ3v) is 3.50. The van der Waals surface area contributed by atoms with E-state index in [4.69, 9.17) is 5.73 Å². The van der Waals surface area contributed by atoms with Gasteiger partial charge in [-0.2, -0.15) is 13.2 Å². The summed E-state index contributed by atoms with van der Waals surface area (Å²) in [4.78, 5) is 4.98. The fourth-order valence-electron chi connectivity index (χ4n) is 1.85. The standard InChI is InChI=1S/C13H13F3N2S/c14-13(15,16)10-3-1-2-9(4-10)5-11(17)6-12-7-18-8-19-12/h1-4,7-8,11H,5-6,17H2. The first-order valence-electron chi connectivity index (χ1n) is 5.74. The highest BCUT2D eigenvalue weighted by Crippen LogP contribution is 2.29. The lowest BCUT2D eigenvalue weighted by Crippen LogP contribution is -2.25. The normalized spacial score (nSPS) is 13.5. The summed E-state index contributed by atoms with van der Waals surface area (Å²) in [7, 11) is 0. The fraction of sp³-hybridized carbons (Fsp3) is 0.308. The van der Waals surface area contributed by atoms with Gasteiger partial charge in [-0.1, -0.05) is 18.2 Å². The van der Waals surface area contributed by atoms with Crippen LogP contribution in [0.3, 0.4) is 0 Å². The Bertz CT molecular complexity index is 523. The van der Waals surface area contributed by atoms with Crippen LogP contribution < -0.4 is 5.73 Å². The molecule has 0 spiro atoms. The van der Waals surface area contributed by atoms with Gasteiger partial charge in [-0.05, 0) is 24.5 Å². The molecule has 0 aliphatic heterocycles. The fourth-order valence-corrected chi connectivity index (χ4v) is 2.54. The average molecular weight is 286 g/mol. The summed E-state index contributed by atoms with van der Waals surface area (Å²) in [6, 6.07) is 5.10. The predicted molar refractivity (Wildman–Crippen MR) is 68.9 cm³/mol. The molecule has 6 heteroatoms. The van der Waals surface area contributed by atoms with Crippen LogP contribution in [0.5, 0.6) is 0 Å². The van der Waals surface area contributed by atoms with E-state index in [1.54, 1.807) is 17.8 Å². The molecule has 2 N–H and O–H groups in total. The van der Waals surface area contributed by atoms with Crippen LogP contribution in [0.1, 0.15) is 16.0 Å². The van der Waals surface area contributed by atoms with Gasteiger partial charge < -0.3 is 5.73 Å². The molecule has 0 fully saturated rings. The number of rotatable bonds is 4. The van der Waals surface area contributed by atoms with E-state index in [-0.39, 0.29) is 6.04 Å². The number of thiazole rings is 1. The van der Waals surface area contributed by atoms with Crippen LogP contribution in [-0.2, 0) is 19.0 Å². The zero-order valence-corrected chi connectivity index (χ0v) is 10.8. The topological polar surface area (TPSA) is 38.9 Å². The number of aromatic nitrogens is 1. The van der Waals surface area contributed by atoms with Crippen molar-refractivity contribution in [2.45, 2.75) is 25.1 Å². The van der Waals surface area contributed by atoms with Crippen molar-refractivity contribution in [3.8, 4) is 0 Å². The van der Waals surface area contributed by atoms with Crippen molar-refractivity contribution in [3.63, 3.8) is 0 Å². The molecule has 2 aromatic rings. The second-order valence-corrected chi connectivity index (χ2v) is 5.31. The number of alkyl halides is 3. The van der Waals surface area contributed by atoms with Gasteiger partial charge >= 0.3 is 6.18 Å². The first-order valence-corrected chi connectivity index (χ1v) is 6.62. The monoisotopic (exact) mass is 286 g/mol. The SMILES string of the molecule is NC(Cc1cccc(C(F)(F)F)c1)Cc1cncs1. The van der Waals surface area contributed by atoms with Gasteiger partial charge in [0.2, 0.25) is 0 Å². The first-order chi connectivity index (χ1) is 8.95. The third-order valence-electron chi connectivity index (χ3n) is 2.70. The number of hydrogen-bond donors (Lipinski definition) is 1. The predicted octanol–water partition coefficient (Wildman–Crippen LogP) is 3.27. The van der Waals surface area contributed by atoms with Gasteiger partial charge in [0.05, 0.1) is 11.1 Å². The molecule has 0 aliphatic carbocycles. The zero-order chi connectivity index (χ0) is 13.9. The highest BCUT2D eigenvalue weighted by atomic mass is 32.1. The maximum Gasteiger partial charge on any atom is 0.416 e. The molecule has 0 saturated heterocycles. The van der Waals surface area contributed by atoms with Crippen LogP contribution in [0.2, 0.25) is 0 Å². The summed E-state index contributed by atoms with van der Waals surface area (Å²) in [6.07, 6.45) is -1.53. The molecule has 0 amide bonds. The second-order valence-electron chi connectivity index (χ2n) is 4.33. The van der Waals surface area contributed by atoms with Crippen LogP contribution in [0, 0.1) is 0 Å². The number of benzene rings is 1. The maximum absolute atomic E-state index is 12.6. The molecule has 1 aromatic heterocycles. The van der Waals surface area contributed by atoms with E-state index < -0.39 is 11.7 Å². The Hall–Kier alpha value is -1.40. The smallest absolute Gasteiger partial charge is 0.327 e. The molecule has 2 rings (SSSR count). The second kappa shape index (κ2) is 5.71. The van der Waals surface area contributed by atoms with Gasteiger partial charge in [0.15, 0.2) is 0 Å². The highest BCUT2D eigenvalue weighted by molar-refractivity contribution is 7.09. The Morgan fingerprint density at radius 2 is 2.05 bits per heavy atom. The minimum atomic E-state index is -4.31. The Kier molecular flexibility index (Phi) is 4.21. The van der Waals surface area contributed by atoms with Gasteiger partial charge in [-0.25, -0.2) is 0 Å². The molecule has 0 bridgehead atoms. The van der Waals surface area contributed by atoms with E-state index in [1.165, 1.54) is 17.4 Å². The van der Waals surface area contributed by atoms with E-state index in [9.17, 15) is 13.2 Å². The number of hydrogen-bond acceptors (Lipinski definition) is 3. The van der Waals surface area contributed by atoms with Crippen molar-refractivity contribution < 1.29 is 13.2 Å². The van der Waals surface area contributed by atoms with E-state index in [2.05, 4.69) is 4.98 Å². The summed E-state index contributed by atoms with van der Waals surface area (Å²) in [5, 5.41) is 0. The molecule has 19 heavy (non-hydrogen) atoms. The summed E-state index contributed by atoms with van der Waals surface area (Å²) >= 11 is 1.50. The highest BCUT2D eigenvalue weighted by Gasteiger charge is 2.30. The van der Waals surface area contributed by atoms with Crippen molar-refractivity contribution in [2.24, 2.45) is 5.73 Å². The quantitative estimate of drug-likeness (QED) is 0.937. The van der Waals surface area contributed by atoms with Gasteiger partial charge in [0.1, 0.15) is 0 Å². The Balaban J connectivity index is 2.03. The molecule has 0 saturated carbocycles. The molecule has 0 aliphatic rings. The van der Waals surface area contributed by atoms with Crippen molar-refractivity contribution >= 4 is 11.3 Å². The summed E-state index contributed by atoms with van der Waals surface area (Å²) in [5.41, 5.74) is 7.64. The van der Waals surface area contributed by atoms with Crippen LogP contribution in [0.25, 0.3) is 0 Å². The largest absolute Gasteiger partial charge is 0.416 e. The van der Waals surface area contributed by atoms with Crippen molar-refractivity contribution in [1.82, 2.24) is 4.98 Å². The van der Waals surface area contributed by atoms with Crippen LogP contribution in [0.4, 0.5) is 13.2 Å². The molecule has 1 aromatic carbocycles. The van der Waals surface area contributed by atoms with Crippen LogP contribution in [-0.4, -0.2) is 11.0 Å². The Morgan fingerprint density at radius 3 is 2.68 bits per heavy atom. The molecule has 1 unspecified atom stereocenters. The van der Waals surface area contributed by atoms with E-state index in [0.717, 1.165) is 17.0 Å². The molecule has 2 nitrogen and oxygen atoms in total. The van der Waals surface area contributed by atoms with Crippen molar-refractivity contribution in [2.75, 3.05) is 0 Å². The summed E-state index contributed by atoms with van der Waals surface area (Å²) in [5.74, 6) is 0. The van der Waals surface area contributed by atoms with Crippen LogP contribution in [0.15, 0.2) is 36.0 Å². The lowest BCUT2D eigenvalue weighted by molar-refractivity contribution is -0.137. The van der Waals surface area contributed by atoms with Gasteiger partial charge in [-0.3, -0.25) is 4.98 Å². The number of nitrogens with two attached hydrogens (primary N) is 1.